The van der Waals surface area contributed by atoms with Crippen LogP contribution < -0.4 is 0 Å². The normalized spacial score (nSPS) is 24.7. The maximum Gasteiger partial charge on any atom is 0.323 e. The molecule has 5 heteroatoms. The van der Waals surface area contributed by atoms with Crippen molar-refractivity contribution in [3.05, 3.63) is 0 Å². The van der Waals surface area contributed by atoms with E-state index in [2.05, 4.69) is 0 Å². The Labute approximate surface area is 102 Å². The summed E-state index contributed by atoms with van der Waals surface area (Å²) >= 11 is 0. The Morgan fingerprint density at radius 2 is 2.06 bits per heavy atom. The number of carbonyl (C=O) groups excluding carboxylic acids is 2. The molecular weight excluding hydrogens is 220 g/mol. The van der Waals surface area contributed by atoms with Gasteiger partial charge in [0.05, 0.1) is 13.7 Å². The minimum atomic E-state index is -0.225. The second kappa shape index (κ2) is 5.04. The highest BCUT2D eigenvalue weighted by Gasteiger charge is 2.35. The maximum absolute atomic E-state index is 12.0. The Bertz CT molecular complexity index is 315. The summed E-state index contributed by atoms with van der Waals surface area (Å²) < 4.78 is 4.76. The molecule has 1 aliphatic carbocycles. The van der Waals surface area contributed by atoms with Crippen molar-refractivity contribution in [3.8, 4) is 0 Å². The van der Waals surface area contributed by atoms with E-state index in [0.29, 0.717) is 12.6 Å². The molecule has 0 aromatic rings. The van der Waals surface area contributed by atoms with E-state index in [1.165, 1.54) is 7.11 Å². The Morgan fingerprint density at radius 1 is 1.35 bits per heavy atom. The zero-order valence-electron chi connectivity index (χ0n) is 10.5. The van der Waals surface area contributed by atoms with Crippen LogP contribution in [0.15, 0.2) is 0 Å². The lowest BCUT2D eigenvalue weighted by molar-refractivity contribution is -0.146. The lowest BCUT2D eigenvalue weighted by Crippen LogP contribution is -2.44. The van der Waals surface area contributed by atoms with E-state index < -0.39 is 0 Å². The van der Waals surface area contributed by atoms with Gasteiger partial charge in [0, 0.05) is 13.1 Å². The Balaban J connectivity index is 1.88. The Morgan fingerprint density at radius 3 is 2.65 bits per heavy atom. The highest BCUT2D eigenvalue weighted by Crippen LogP contribution is 2.26. The van der Waals surface area contributed by atoms with Crippen molar-refractivity contribution >= 4 is 11.9 Å². The molecule has 96 valence electrons. The van der Waals surface area contributed by atoms with Gasteiger partial charge in [-0.15, -0.1) is 0 Å². The third kappa shape index (κ3) is 2.77. The maximum atomic E-state index is 12.0. The highest BCUT2D eigenvalue weighted by atomic mass is 16.5. The minimum absolute atomic E-state index is 0.114. The monoisotopic (exact) mass is 240 g/mol. The van der Waals surface area contributed by atoms with E-state index in [1.54, 1.807) is 0 Å². The predicted octanol–water partition coefficient (Wildman–Crippen LogP) is 0.245. The third-order valence-electron chi connectivity index (χ3n) is 3.66. The van der Waals surface area contributed by atoms with E-state index in [9.17, 15) is 9.59 Å². The molecule has 1 atom stereocenters. The van der Waals surface area contributed by atoms with Crippen molar-refractivity contribution in [2.24, 2.45) is 0 Å². The lowest BCUT2D eigenvalue weighted by atomic mass is 10.2. The van der Waals surface area contributed by atoms with E-state index in [4.69, 9.17) is 4.74 Å². The summed E-state index contributed by atoms with van der Waals surface area (Å²) in [6, 6.07) is 0.207. The zero-order valence-corrected chi connectivity index (χ0v) is 10.5. The molecule has 0 aromatic carbocycles. The molecular formula is C12H20N2O3. The summed E-state index contributed by atoms with van der Waals surface area (Å²) in [6.45, 7) is 1.15. The van der Waals surface area contributed by atoms with Crippen LogP contribution in [0.5, 0.6) is 0 Å². The van der Waals surface area contributed by atoms with Crippen LogP contribution in [0.25, 0.3) is 0 Å². The molecule has 0 radical (unpaired) electrons. The first-order chi connectivity index (χ1) is 8.13. The van der Waals surface area contributed by atoms with E-state index in [1.807, 2.05) is 16.8 Å². The number of amides is 1. The number of methoxy groups -OCH3 is 1. The molecule has 1 aliphatic heterocycles. The molecule has 17 heavy (non-hydrogen) atoms. The first-order valence-corrected chi connectivity index (χ1v) is 6.21. The number of ether oxygens (including phenoxy) is 1. The van der Waals surface area contributed by atoms with Crippen LogP contribution >= 0.6 is 0 Å². The van der Waals surface area contributed by atoms with E-state index in [0.717, 1.165) is 32.2 Å². The van der Waals surface area contributed by atoms with Gasteiger partial charge in [0.15, 0.2) is 0 Å². The molecule has 2 rings (SSSR count). The van der Waals surface area contributed by atoms with Crippen LogP contribution in [-0.4, -0.2) is 61.0 Å². The molecule has 1 saturated heterocycles. The number of likely N-dealkylation sites (tertiary alicyclic amines) is 1. The first kappa shape index (κ1) is 12.4. The van der Waals surface area contributed by atoms with Crippen LogP contribution in [0.2, 0.25) is 0 Å². The second-order valence-electron chi connectivity index (χ2n) is 4.89. The fourth-order valence-electron chi connectivity index (χ4n) is 2.37. The average Bonchev–Trinajstić information content (AvgIpc) is 3.08. The summed E-state index contributed by atoms with van der Waals surface area (Å²) in [6.07, 6.45) is 3.98. The van der Waals surface area contributed by atoms with Crippen molar-refractivity contribution in [1.29, 1.82) is 0 Å². The fourth-order valence-corrected chi connectivity index (χ4v) is 2.37. The van der Waals surface area contributed by atoms with Gasteiger partial charge in [-0.05, 0) is 32.2 Å². The summed E-state index contributed by atoms with van der Waals surface area (Å²) in [5.74, 6) is -0.104. The molecule has 2 fully saturated rings. The highest BCUT2D eigenvalue weighted by molar-refractivity contribution is 5.81. The molecule has 0 spiro atoms. The van der Waals surface area contributed by atoms with Crippen molar-refractivity contribution in [2.75, 3.05) is 27.2 Å². The molecule has 1 saturated carbocycles. The lowest BCUT2D eigenvalue weighted by Gasteiger charge is -2.24. The van der Waals surface area contributed by atoms with E-state index in [-0.39, 0.29) is 17.9 Å². The largest absolute Gasteiger partial charge is 0.468 e. The summed E-state index contributed by atoms with van der Waals surface area (Å²) in [5, 5.41) is 0. The summed E-state index contributed by atoms with van der Waals surface area (Å²) in [5.41, 5.74) is 0. The topological polar surface area (TPSA) is 49.9 Å². The molecule has 0 aromatic heterocycles. The van der Waals surface area contributed by atoms with Crippen molar-refractivity contribution in [1.82, 2.24) is 9.80 Å². The minimum Gasteiger partial charge on any atom is -0.468 e. The number of hydrogen-bond acceptors (Lipinski definition) is 4. The molecule has 5 nitrogen and oxygen atoms in total. The van der Waals surface area contributed by atoms with Crippen molar-refractivity contribution in [3.63, 3.8) is 0 Å². The van der Waals surface area contributed by atoms with Gasteiger partial charge in [-0.3, -0.25) is 14.5 Å². The van der Waals surface area contributed by atoms with Gasteiger partial charge >= 0.3 is 5.97 Å². The van der Waals surface area contributed by atoms with Gasteiger partial charge in [0.2, 0.25) is 5.91 Å². The van der Waals surface area contributed by atoms with Gasteiger partial charge in [0.25, 0.3) is 0 Å². The zero-order chi connectivity index (χ0) is 12.4. The predicted molar refractivity (Wildman–Crippen MR) is 62.4 cm³/mol. The molecule has 0 bridgehead atoms. The van der Waals surface area contributed by atoms with Gasteiger partial charge in [0.1, 0.15) is 6.04 Å². The van der Waals surface area contributed by atoms with Crippen molar-refractivity contribution in [2.45, 2.75) is 37.8 Å². The van der Waals surface area contributed by atoms with Gasteiger partial charge < -0.3 is 9.64 Å². The summed E-state index contributed by atoms with van der Waals surface area (Å²) in [7, 11) is 3.25. The standard InChI is InChI=1S/C12H20N2O3/c1-13(9-5-6-9)11(15)8-14-7-3-4-10(14)12(16)17-2/h9-10H,3-8H2,1-2H3. The fraction of sp³-hybridized carbons (Fsp3) is 0.833. The molecule has 1 unspecified atom stereocenters. The van der Waals surface area contributed by atoms with Crippen LogP contribution in [0.3, 0.4) is 0 Å². The number of likely N-dealkylation sites (N-methyl/N-ethyl adjacent to an activating group) is 1. The average molecular weight is 240 g/mol. The number of nitrogens with zero attached hydrogens (tertiary/aromatic N) is 2. The van der Waals surface area contributed by atoms with Gasteiger partial charge in [-0.2, -0.15) is 0 Å². The Kier molecular flexibility index (Phi) is 3.66. The van der Waals surface area contributed by atoms with Crippen molar-refractivity contribution < 1.29 is 14.3 Å². The molecule has 2 aliphatic rings. The molecule has 1 amide bonds. The number of hydrogen-bond donors (Lipinski definition) is 0. The van der Waals surface area contributed by atoms with Crippen LogP contribution in [0.4, 0.5) is 0 Å². The number of carbonyl (C=O) groups is 2. The van der Waals surface area contributed by atoms with Crippen LogP contribution in [0, 0.1) is 0 Å². The molecule has 1 heterocycles. The summed E-state index contributed by atoms with van der Waals surface area (Å²) in [4.78, 5) is 27.3. The number of esters is 1. The van der Waals surface area contributed by atoms with E-state index >= 15 is 0 Å². The van der Waals surface area contributed by atoms with Gasteiger partial charge in [-0.1, -0.05) is 0 Å². The number of rotatable bonds is 4. The van der Waals surface area contributed by atoms with Gasteiger partial charge in [-0.25, -0.2) is 0 Å². The van der Waals surface area contributed by atoms with Crippen LogP contribution in [-0.2, 0) is 14.3 Å². The smallest absolute Gasteiger partial charge is 0.323 e. The van der Waals surface area contributed by atoms with Crippen LogP contribution in [0.1, 0.15) is 25.7 Å². The second-order valence-corrected chi connectivity index (χ2v) is 4.89. The third-order valence-corrected chi connectivity index (χ3v) is 3.66. The molecule has 0 N–H and O–H groups in total. The quantitative estimate of drug-likeness (QED) is 0.661. The Hall–Kier alpha value is -1.10. The first-order valence-electron chi connectivity index (χ1n) is 6.21. The SMILES string of the molecule is COC(=O)C1CCCN1CC(=O)N(C)C1CC1.